The molecule has 3 fully saturated rings. The van der Waals surface area contributed by atoms with E-state index in [4.69, 9.17) is 31.3 Å². The highest BCUT2D eigenvalue weighted by Gasteiger charge is 2.50. The Morgan fingerprint density at radius 2 is 1.95 bits per heavy atom. The van der Waals surface area contributed by atoms with Crippen molar-refractivity contribution in [2.24, 2.45) is 0 Å². The van der Waals surface area contributed by atoms with Crippen LogP contribution in [0.25, 0.3) is 33.1 Å². The van der Waals surface area contributed by atoms with Gasteiger partial charge in [0.1, 0.15) is 18.2 Å². The van der Waals surface area contributed by atoms with E-state index in [-0.39, 0.29) is 29.2 Å². The fourth-order valence-electron chi connectivity index (χ4n) is 6.56. The van der Waals surface area contributed by atoms with Gasteiger partial charge in [0.25, 0.3) is 5.91 Å². The van der Waals surface area contributed by atoms with Crippen molar-refractivity contribution in [3.05, 3.63) is 65.7 Å². The molecular weight excluding hydrogens is 562 g/mol. The minimum absolute atomic E-state index is 0.0141. The Hall–Kier alpha value is -3.89. The van der Waals surface area contributed by atoms with Crippen molar-refractivity contribution >= 4 is 45.1 Å². The number of hydrogen-bond donors (Lipinski definition) is 0. The number of nitrogens with zero attached hydrogens (tertiary/aromatic N) is 6. The molecule has 216 valence electrons. The number of hydrogen-bond acceptors (Lipinski definition) is 7. The minimum atomic E-state index is -0.945. The second kappa shape index (κ2) is 10.4. The van der Waals surface area contributed by atoms with Gasteiger partial charge in [-0.25, -0.2) is 13.8 Å². The van der Waals surface area contributed by atoms with Gasteiger partial charge in [0.15, 0.2) is 11.5 Å². The molecule has 3 aliphatic rings. The Morgan fingerprint density at radius 3 is 2.74 bits per heavy atom. The summed E-state index contributed by atoms with van der Waals surface area (Å²) in [6, 6.07) is 12.8. The van der Waals surface area contributed by atoms with Crippen molar-refractivity contribution in [3.8, 4) is 17.3 Å². The van der Waals surface area contributed by atoms with E-state index in [1.54, 1.807) is 11.0 Å². The molecule has 1 unspecified atom stereocenters. The molecule has 0 radical (unpaired) electrons. The third-order valence-corrected chi connectivity index (χ3v) is 9.24. The maximum absolute atomic E-state index is 14.5. The number of pyridine rings is 1. The maximum atomic E-state index is 14.5. The van der Waals surface area contributed by atoms with E-state index in [0.29, 0.717) is 54.2 Å². The number of likely N-dealkylation sites (N-methyl/N-ethyl adjacent to an activating group) is 1. The van der Waals surface area contributed by atoms with Crippen LogP contribution in [0.2, 0.25) is 5.02 Å². The van der Waals surface area contributed by atoms with Gasteiger partial charge in [-0.05, 0) is 56.4 Å². The number of carbonyl (C=O) groups excluding carboxylic acids is 1. The first kappa shape index (κ1) is 27.0. The monoisotopic (exact) mass is 590 g/mol. The van der Waals surface area contributed by atoms with E-state index in [9.17, 15) is 13.6 Å². The molecule has 0 saturated carbocycles. The average molecular weight is 591 g/mol. The van der Waals surface area contributed by atoms with Crippen LogP contribution >= 0.6 is 11.6 Å². The Kier molecular flexibility index (Phi) is 6.70. The number of amides is 1. The Balaban J connectivity index is 1.29. The Morgan fingerprint density at radius 1 is 1.10 bits per heavy atom. The molecule has 7 rings (SSSR count). The maximum Gasteiger partial charge on any atom is 0.320 e. The molecule has 3 atom stereocenters. The zero-order valence-corrected chi connectivity index (χ0v) is 23.8. The van der Waals surface area contributed by atoms with Gasteiger partial charge in [0.05, 0.1) is 28.2 Å². The van der Waals surface area contributed by atoms with E-state index < -0.39 is 17.6 Å². The molecular formula is C31H29ClF2N6O2. The first-order valence-corrected chi connectivity index (χ1v) is 14.5. The summed E-state index contributed by atoms with van der Waals surface area (Å²) >= 11 is 6.42. The number of anilines is 1. The number of carbonyl (C=O) groups is 1. The fraction of sp³-hybridized carbons (Fsp3) is 0.355. The lowest BCUT2D eigenvalue weighted by Crippen LogP contribution is -2.63. The third-order valence-electron chi connectivity index (χ3n) is 8.87. The summed E-state index contributed by atoms with van der Waals surface area (Å²) in [5.41, 5.74) is 1.71. The van der Waals surface area contributed by atoms with Crippen LogP contribution in [0.3, 0.4) is 0 Å². The van der Waals surface area contributed by atoms with Crippen molar-refractivity contribution in [1.29, 1.82) is 0 Å². The molecule has 2 aromatic heterocycles. The molecule has 2 aromatic carbocycles. The number of halogens is 3. The van der Waals surface area contributed by atoms with Crippen molar-refractivity contribution in [1.82, 2.24) is 24.8 Å². The molecule has 3 saturated heterocycles. The molecule has 3 aliphatic heterocycles. The molecule has 0 spiro atoms. The number of aromatic nitrogens is 3. The second-order valence-electron chi connectivity index (χ2n) is 11.2. The van der Waals surface area contributed by atoms with Gasteiger partial charge >= 0.3 is 6.01 Å². The zero-order valence-electron chi connectivity index (χ0n) is 23.1. The number of ether oxygens (including phenoxy) is 1. The second-order valence-corrected chi connectivity index (χ2v) is 11.6. The van der Waals surface area contributed by atoms with E-state index >= 15 is 0 Å². The van der Waals surface area contributed by atoms with Crippen LogP contribution in [-0.4, -0.2) is 82.1 Å². The molecule has 42 heavy (non-hydrogen) atoms. The normalized spacial score (nSPS) is 22.0. The number of rotatable bonds is 6. The fourth-order valence-corrected chi connectivity index (χ4v) is 6.84. The van der Waals surface area contributed by atoms with Gasteiger partial charge < -0.3 is 19.4 Å². The lowest BCUT2D eigenvalue weighted by molar-refractivity contribution is -0.130. The van der Waals surface area contributed by atoms with Crippen LogP contribution in [0.5, 0.6) is 6.01 Å². The van der Waals surface area contributed by atoms with Crippen molar-refractivity contribution < 1.29 is 18.3 Å². The summed E-state index contributed by atoms with van der Waals surface area (Å²) in [5.74, 6) is -1.44. The van der Waals surface area contributed by atoms with Gasteiger partial charge in [-0.15, -0.1) is 0 Å². The van der Waals surface area contributed by atoms with Crippen LogP contribution < -0.4 is 9.64 Å². The molecule has 11 heteroatoms. The van der Waals surface area contributed by atoms with Crippen LogP contribution in [0, 0.1) is 5.82 Å². The highest BCUT2D eigenvalue weighted by molar-refractivity contribution is 6.36. The molecule has 5 heterocycles. The average Bonchev–Trinajstić information content (AvgIpc) is 3.54. The molecule has 0 aliphatic carbocycles. The van der Waals surface area contributed by atoms with Gasteiger partial charge in [0.2, 0.25) is 0 Å². The summed E-state index contributed by atoms with van der Waals surface area (Å²) in [5, 5.41) is 2.15. The summed E-state index contributed by atoms with van der Waals surface area (Å²) in [4.78, 5) is 32.7. The van der Waals surface area contributed by atoms with Crippen LogP contribution in [0.4, 0.5) is 14.6 Å². The van der Waals surface area contributed by atoms with Crippen molar-refractivity contribution in [2.75, 3.05) is 38.2 Å². The molecule has 0 bridgehead atoms. The van der Waals surface area contributed by atoms with Crippen LogP contribution in [-0.2, 0) is 4.79 Å². The lowest BCUT2D eigenvalue weighted by atomic mass is 9.96. The Bertz CT molecular complexity index is 1750. The quantitative estimate of drug-likeness (QED) is 0.279. The van der Waals surface area contributed by atoms with Crippen LogP contribution in [0.1, 0.15) is 19.3 Å². The van der Waals surface area contributed by atoms with E-state index in [0.717, 1.165) is 30.2 Å². The predicted octanol–water partition coefficient (Wildman–Crippen LogP) is 5.38. The Labute approximate surface area is 246 Å². The summed E-state index contributed by atoms with van der Waals surface area (Å²) < 4.78 is 34.2. The van der Waals surface area contributed by atoms with Crippen LogP contribution in [0.15, 0.2) is 54.9 Å². The number of fused-ring (bicyclic) bond motifs is 3. The molecule has 4 aromatic rings. The number of likely N-dealkylation sites (tertiary alicyclic amines) is 2. The van der Waals surface area contributed by atoms with Gasteiger partial charge in [-0.2, -0.15) is 9.97 Å². The summed E-state index contributed by atoms with van der Waals surface area (Å²) in [6.45, 7) is 5.61. The van der Waals surface area contributed by atoms with E-state index in [2.05, 4.69) is 23.4 Å². The SMILES string of the molecule is C=C(F)C(=O)N1CCC2[C@H]1CN2c1nc(OC[C@@H]2CCCN2C)nc2nc(-c3cccc4ccc(F)c(Cl)c34)ccc12. The standard InChI is InChI=1S/C31H29ClF2N6O2/c1-17(33)30(41)39-14-12-24-25(39)15-40(24)29-21-9-11-23(20-7-3-5-18-8-10-22(34)27(32)26(18)20)35-28(21)36-31(37-29)42-16-19-6-4-13-38(19)2/h3,5,7-11,19,24-25H,1,4,6,12-16H2,2H3/t19-,24?,25+/m0/s1. The minimum Gasteiger partial charge on any atom is -0.462 e. The molecule has 1 amide bonds. The van der Waals surface area contributed by atoms with Gasteiger partial charge in [0, 0.05) is 30.1 Å². The summed E-state index contributed by atoms with van der Waals surface area (Å²) in [7, 11) is 2.08. The molecule has 8 nitrogen and oxygen atoms in total. The highest BCUT2D eigenvalue weighted by Crippen LogP contribution is 2.41. The smallest absolute Gasteiger partial charge is 0.320 e. The van der Waals surface area contributed by atoms with E-state index in [1.165, 1.54) is 6.07 Å². The van der Waals surface area contributed by atoms with Gasteiger partial charge in [-0.3, -0.25) is 4.79 Å². The summed E-state index contributed by atoms with van der Waals surface area (Å²) in [6.07, 6.45) is 2.84. The lowest BCUT2D eigenvalue weighted by Gasteiger charge is -2.47. The van der Waals surface area contributed by atoms with Crippen molar-refractivity contribution in [2.45, 2.75) is 37.4 Å². The highest BCUT2D eigenvalue weighted by atomic mass is 35.5. The number of benzene rings is 2. The first-order valence-electron chi connectivity index (χ1n) is 14.1. The third kappa shape index (κ3) is 4.44. The largest absolute Gasteiger partial charge is 0.462 e. The van der Waals surface area contributed by atoms with E-state index in [1.807, 2.05) is 30.3 Å². The first-order chi connectivity index (χ1) is 20.3. The predicted molar refractivity (Wildman–Crippen MR) is 158 cm³/mol. The molecule has 0 N–H and O–H groups in total. The zero-order chi connectivity index (χ0) is 29.1. The van der Waals surface area contributed by atoms with Crippen molar-refractivity contribution in [3.63, 3.8) is 0 Å². The topological polar surface area (TPSA) is 74.7 Å². The van der Waals surface area contributed by atoms with Gasteiger partial charge in [-0.1, -0.05) is 42.4 Å².